The summed E-state index contributed by atoms with van der Waals surface area (Å²) in [6.45, 7) is 3.95. The van der Waals surface area contributed by atoms with Crippen LogP contribution >= 0.6 is 0 Å². The van der Waals surface area contributed by atoms with Gasteiger partial charge in [-0.15, -0.1) is 0 Å². The predicted molar refractivity (Wildman–Crippen MR) is 81.2 cm³/mol. The van der Waals surface area contributed by atoms with Crippen molar-refractivity contribution in [3.8, 4) is 0 Å². The monoisotopic (exact) mass is 295 g/mol. The zero-order chi connectivity index (χ0) is 15.3. The zero-order valence-electron chi connectivity index (χ0n) is 12.6. The van der Waals surface area contributed by atoms with Crippen LogP contribution in [0.4, 0.5) is 5.95 Å². The number of ketones is 1. The van der Waals surface area contributed by atoms with E-state index >= 15 is 0 Å². The fraction of sp³-hybridized carbons (Fsp3) is 0.375. The topological polar surface area (TPSA) is 72.7 Å². The molecule has 1 aliphatic heterocycles. The molecule has 0 saturated carbocycles. The number of nitrogens with zero attached hydrogens (tertiary/aromatic N) is 4. The largest absolute Gasteiger partial charge is 0.328 e. The molecule has 0 saturated heterocycles. The summed E-state index contributed by atoms with van der Waals surface area (Å²) in [5.74, 6) is 1.90. The number of Topliss-reactive ketones (excluding diaryl/α,β-unsaturated/α-hetero) is 1. The normalized spacial score (nSPS) is 23.8. The highest BCUT2D eigenvalue weighted by atomic mass is 16.1. The van der Waals surface area contributed by atoms with E-state index in [9.17, 15) is 4.79 Å². The van der Waals surface area contributed by atoms with E-state index in [-0.39, 0.29) is 11.8 Å². The van der Waals surface area contributed by atoms with Crippen molar-refractivity contribution in [3.63, 3.8) is 0 Å². The van der Waals surface area contributed by atoms with Crippen LogP contribution < -0.4 is 5.32 Å². The molecule has 6 nitrogen and oxygen atoms in total. The molecule has 0 unspecified atom stereocenters. The van der Waals surface area contributed by atoms with Gasteiger partial charge in [0.05, 0.1) is 5.69 Å². The lowest BCUT2D eigenvalue weighted by atomic mass is 9.82. The molecule has 2 aromatic heterocycles. The van der Waals surface area contributed by atoms with Gasteiger partial charge < -0.3 is 5.32 Å². The van der Waals surface area contributed by atoms with Crippen molar-refractivity contribution >= 4 is 11.7 Å². The summed E-state index contributed by atoms with van der Waals surface area (Å²) in [7, 11) is 0. The van der Waals surface area contributed by atoms with E-state index in [0.29, 0.717) is 24.1 Å². The summed E-state index contributed by atoms with van der Waals surface area (Å²) in [5.41, 5.74) is 2.58. The van der Waals surface area contributed by atoms with Crippen LogP contribution in [-0.2, 0) is 4.79 Å². The molecular weight excluding hydrogens is 278 g/mol. The molecule has 0 fully saturated rings. The van der Waals surface area contributed by atoms with Crippen LogP contribution in [0.25, 0.3) is 0 Å². The van der Waals surface area contributed by atoms with Gasteiger partial charge in [0.2, 0.25) is 5.95 Å². The van der Waals surface area contributed by atoms with Gasteiger partial charge in [-0.3, -0.25) is 9.78 Å². The van der Waals surface area contributed by atoms with Crippen LogP contribution in [0.5, 0.6) is 0 Å². The van der Waals surface area contributed by atoms with Crippen molar-refractivity contribution in [2.45, 2.75) is 32.7 Å². The number of carbonyl (C=O) groups excluding carboxylic acids is 1. The highest BCUT2D eigenvalue weighted by molar-refractivity contribution is 5.99. The maximum Gasteiger partial charge on any atom is 0.226 e. The quantitative estimate of drug-likeness (QED) is 0.873. The Balaban J connectivity index is 1.92. The number of aryl methyl sites for hydroxylation is 1. The average molecular weight is 295 g/mol. The summed E-state index contributed by atoms with van der Waals surface area (Å²) >= 11 is 0. The molecule has 0 spiro atoms. The highest BCUT2D eigenvalue weighted by Crippen LogP contribution is 2.40. The van der Waals surface area contributed by atoms with E-state index in [2.05, 4.69) is 27.3 Å². The van der Waals surface area contributed by atoms with Crippen molar-refractivity contribution < 1.29 is 4.79 Å². The van der Waals surface area contributed by atoms with Crippen LogP contribution in [0, 0.1) is 12.8 Å². The number of hydrogen-bond donors (Lipinski definition) is 1. The van der Waals surface area contributed by atoms with Gasteiger partial charge in [0.15, 0.2) is 5.78 Å². The SMILES string of the molecule is Cc1nc2n(n1)[C@@H](c1ccccn1)C1=C(C[C@@H](C)CC1=O)N2. The molecule has 0 bridgehead atoms. The summed E-state index contributed by atoms with van der Waals surface area (Å²) in [5, 5.41) is 7.77. The molecule has 6 heteroatoms. The molecule has 1 N–H and O–H groups in total. The molecule has 4 rings (SSSR count). The Labute approximate surface area is 128 Å². The van der Waals surface area contributed by atoms with Crippen molar-refractivity contribution in [1.29, 1.82) is 0 Å². The Morgan fingerprint density at radius 3 is 2.95 bits per heavy atom. The number of nitrogens with one attached hydrogen (secondary N) is 1. The van der Waals surface area contributed by atoms with Gasteiger partial charge in [-0.2, -0.15) is 10.1 Å². The molecular formula is C16H17N5O. The maximum absolute atomic E-state index is 12.7. The Morgan fingerprint density at radius 2 is 2.18 bits per heavy atom. The van der Waals surface area contributed by atoms with Gasteiger partial charge >= 0.3 is 0 Å². The van der Waals surface area contributed by atoms with Crippen molar-refractivity contribution in [3.05, 3.63) is 47.2 Å². The fourth-order valence-electron chi connectivity index (χ4n) is 3.32. The van der Waals surface area contributed by atoms with Gasteiger partial charge in [0.1, 0.15) is 11.9 Å². The number of fused-ring (bicyclic) bond motifs is 1. The molecule has 3 heterocycles. The summed E-state index contributed by atoms with van der Waals surface area (Å²) in [6, 6.07) is 5.46. The predicted octanol–water partition coefficient (Wildman–Crippen LogP) is 2.25. The van der Waals surface area contributed by atoms with E-state index in [0.717, 1.165) is 23.4 Å². The minimum absolute atomic E-state index is 0.177. The molecule has 0 radical (unpaired) electrons. The van der Waals surface area contributed by atoms with Crippen LogP contribution in [0.3, 0.4) is 0 Å². The third-order valence-corrected chi connectivity index (χ3v) is 4.20. The lowest BCUT2D eigenvalue weighted by molar-refractivity contribution is -0.117. The summed E-state index contributed by atoms with van der Waals surface area (Å²) in [4.78, 5) is 21.5. The first kappa shape index (κ1) is 13.2. The van der Waals surface area contributed by atoms with Crippen LogP contribution in [0.2, 0.25) is 0 Å². The number of carbonyl (C=O) groups is 1. The fourth-order valence-corrected chi connectivity index (χ4v) is 3.32. The van der Waals surface area contributed by atoms with Gasteiger partial charge in [-0.05, 0) is 31.4 Å². The maximum atomic E-state index is 12.7. The van der Waals surface area contributed by atoms with Crippen LogP contribution in [-0.4, -0.2) is 25.5 Å². The van der Waals surface area contributed by atoms with E-state index < -0.39 is 0 Å². The van der Waals surface area contributed by atoms with Gasteiger partial charge in [0.25, 0.3) is 0 Å². The first-order valence-electron chi connectivity index (χ1n) is 7.51. The van der Waals surface area contributed by atoms with Crippen molar-refractivity contribution in [2.75, 3.05) is 5.32 Å². The zero-order valence-corrected chi connectivity index (χ0v) is 12.6. The minimum atomic E-state index is -0.284. The lowest BCUT2D eigenvalue weighted by Crippen LogP contribution is -2.33. The van der Waals surface area contributed by atoms with Crippen molar-refractivity contribution in [1.82, 2.24) is 19.7 Å². The number of rotatable bonds is 1. The van der Waals surface area contributed by atoms with Gasteiger partial charge in [-0.25, -0.2) is 4.68 Å². The first-order valence-corrected chi connectivity index (χ1v) is 7.51. The second kappa shape index (κ2) is 4.76. The molecule has 1 aliphatic carbocycles. The third kappa shape index (κ3) is 1.94. The molecule has 0 aromatic carbocycles. The van der Waals surface area contributed by atoms with E-state index in [1.807, 2.05) is 25.1 Å². The van der Waals surface area contributed by atoms with Gasteiger partial charge in [0, 0.05) is 23.9 Å². The Hall–Kier alpha value is -2.50. The number of aromatic nitrogens is 4. The number of allylic oxidation sites excluding steroid dienone is 2. The lowest BCUT2D eigenvalue weighted by Gasteiger charge is -2.33. The summed E-state index contributed by atoms with van der Waals surface area (Å²) in [6.07, 6.45) is 3.18. The average Bonchev–Trinajstić information content (AvgIpc) is 2.85. The number of hydrogen-bond acceptors (Lipinski definition) is 5. The second-order valence-electron chi connectivity index (χ2n) is 6.04. The molecule has 112 valence electrons. The molecule has 22 heavy (non-hydrogen) atoms. The van der Waals surface area contributed by atoms with Gasteiger partial charge in [-0.1, -0.05) is 13.0 Å². The molecule has 2 aliphatic rings. The highest BCUT2D eigenvalue weighted by Gasteiger charge is 2.38. The molecule has 0 amide bonds. The first-order chi connectivity index (χ1) is 10.6. The molecule has 2 aromatic rings. The van der Waals surface area contributed by atoms with E-state index in [1.54, 1.807) is 10.9 Å². The number of pyridine rings is 1. The van der Waals surface area contributed by atoms with E-state index in [4.69, 9.17) is 0 Å². The molecule has 2 atom stereocenters. The Kier molecular flexibility index (Phi) is 2.85. The van der Waals surface area contributed by atoms with Crippen LogP contribution in [0.1, 0.15) is 37.3 Å². The standard InChI is InChI=1S/C16H17N5O/c1-9-7-12-14(13(22)8-9)15(11-5-3-4-6-17-11)21-16(19-12)18-10(2)20-21/h3-6,9,15H,7-8H2,1-2H3,(H,18,19,20)/t9-,15+/m1/s1. The Bertz CT molecular complexity index is 777. The van der Waals surface area contributed by atoms with Crippen molar-refractivity contribution in [2.24, 2.45) is 5.92 Å². The second-order valence-corrected chi connectivity index (χ2v) is 6.04. The minimum Gasteiger partial charge on any atom is -0.328 e. The smallest absolute Gasteiger partial charge is 0.226 e. The van der Waals surface area contributed by atoms with Crippen LogP contribution in [0.15, 0.2) is 35.7 Å². The van der Waals surface area contributed by atoms with E-state index in [1.165, 1.54) is 0 Å². The number of anilines is 1. The third-order valence-electron chi connectivity index (χ3n) is 4.20. The Morgan fingerprint density at radius 1 is 1.32 bits per heavy atom. The summed E-state index contributed by atoms with van der Waals surface area (Å²) < 4.78 is 1.78.